The zero-order valence-electron chi connectivity index (χ0n) is 16.7. The summed E-state index contributed by atoms with van der Waals surface area (Å²) in [6.45, 7) is 5.76. The van der Waals surface area contributed by atoms with E-state index < -0.39 is 12.1 Å². The molecule has 0 bridgehead atoms. The van der Waals surface area contributed by atoms with Crippen LogP contribution in [-0.4, -0.2) is 29.4 Å². The van der Waals surface area contributed by atoms with Crippen molar-refractivity contribution >= 4 is 5.97 Å². The summed E-state index contributed by atoms with van der Waals surface area (Å²) < 4.78 is 22.3. The SMILES string of the molecule is COc1ccc(-c2nnc([C@H](C)OC(=O)c3cccc4c3O[C@H](C)[C@@H]4C)o2)cc1. The molecule has 0 saturated heterocycles. The number of ether oxygens (including phenoxy) is 3. The summed E-state index contributed by atoms with van der Waals surface area (Å²) in [5.41, 5.74) is 2.17. The Morgan fingerprint density at radius 2 is 1.86 bits per heavy atom. The van der Waals surface area contributed by atoms with Gasteiger partial charge in [-0.05, 0) is 44.2 Å². The van der Waals surface area contributed by atoms with Crippen molar-refractivity contribution in [2.75, 3.05) is 7.11 Å². The second-order valence-corrected chi connectivity index (χ2v) is 7.06. The molecule has 3 atom stereocenters. The molecule has 0 unspecified atom stereocenters. The third kappa shape index (κ3) is 3.55. The first-order valence-corrected chi connectivity index (χ1v) is 9.46. The maximum Gasteiger partial charge on any atom is 0.342 e. The number of esters is 1. The Balaban J connectivity index is 1.50. The molecular weight excluding hydrogens is 372 g/mol. The Bertz CT molecular complexity index is 1030. The minimum atomic E-state index is -0.700. The van der Waals surface area contributed by atoms with Gasteiger partial charge in [0.2, 0.25) is 5.89 Å². The van der Waals surface area contributed by atoms with Crippen LogP contribution in [0.5, 0.6) is 11.5 Å². The van der Waals surface area contributed by atoms with Crippen LogP contribution in [-0.2, 0) is 4.74 Å². The van der Waals surface area contributed by atoms with Crippen molar-refractivity contribution in [1.29, 1.82) is 0 Å². The zero-order valence-corrected chi connectivity index (χ0v) is 16.7. The predicted octanol–water partition coefficient (Wildman–Crippen LogP) is 4.55. The van der Waals surface area contributed by atoms with Crippen molar-refractivity contribution in [3.05, 3.63) is 59.5 Å². The molecule has 0 N–H and O–H groups in total. The topological polar surface area (TPSA) is 83.7 Å². The molecule has 0 saturated carbocycles. The quantitative estimate of drug-likeness (QED) is 0.587. The van der Waals surface area contributed by atoms with Gasteiger partial charge in [0.1, 0.15) is 23.2 Å². The standard InChI is InChI=1S/C22H22N2O5/c1-12-13(2)27-19-17(12)6-5-7-18(19)22(25)28-14(3)20-23-24-21(29-20)15-8-10-16(26-4)11-9-15/h5-14H,1-4H3/t12-,13+,14-/m0/s1. The van der Waals surface area contributed by atoms with Gasteiger partial charge in [0.25, 0.3) is 5.89 Å². The van der Waals surface area contributed by atoms with Crippen LogP contribution in [0.4, 0.5) is 0 Å². The highest BCUT2D eigenvalue weighted by Gasteiger charge is 2.32. The zero-order chi connectivity index (χ0) is 20.5. The molecule has 7 nitrogen and oxygen atoms in total. The van der Waals surface area contributed by atoms with Crippen molar-refractivity contribution in [2.45, 2.75) is 38.9 Å². The predicted molar refractivity (Wildman–Crippen MR) is 105 cm³/mol. The minimum Gasteiger partial charge on any atom is -0.497 e. The number of carbonyl (C=O) groups excluding carboxylic acids is 1. The van der Waals surface area contributed by atoms with Crippen LogP contribution in [0.3, 0.4) is 0 Å². The molecule has 1 aromatic heterocycles. The van der Waals surface area contributed by atoms with Crippen LogP contribution >= 0.6 is 0 Å². The number of hydrogen-bond acceptors (Lipinski definition) is 7. The smallest absolute Gasteiger partial charge is 0.342 e. The van der Waals surface area contributed by atoms with Crippen molar-refractivity contribution in [1.82, 2.24) is 10.2 Å². The number of aromatic nitrogens is 2. The lowest BCUT2D eigenvalue weighted by Crippen LogP contribution is -2.12. The fourth-order valence-electron chi connectivity index (χ4n) is 3.27. The Labute approximate surface area is 168 Å². The molecule has 0 fully saturated rings. The first-order valence-electron chi connectivity index (χ1n) is 9.46. The normalized spacial score (nSPS) is 18.6. The van der Waals surface area contributed by atoms with Gasteiger partial charge in [-0.15, -0.1) is 10.2 Å². The van der Waals surface area contributed by atoms with Crippen LogP contribution in [0, 0.1) is 0 Å². The van der Waals surface area contributed by atoms with E-state index in [2.05, 4.69) is 17.1 Å². The van der Waals surface area contributed by atoms with Gasteiger partial charge in [-0.25, -0.2) is 4.79 Å². The van der Waals surface area contributed by atoms with Gasteiger partial charge in [0, 0.05) is 17.0 Å². The van der Waals surface area contributed by atoms with Gasteiger partial charge >= 0.3 is 5.97 Å². The van der Waals surface area contributed by atoms with Crippen LogP contribution in [0.1, 0.15) is 54.6 Å². The fraction of sp³-hybridized carbons (Fsp3) is 0.318. The van der Waals surface area contributed by atoms with Crippen molar-refractivity contribution in [3.63, 3.8) is 0 Å². The van der Waals surface area contributed by atoms with Crippen LogP contribution < -0.4 is 9.47 Å². The molecule has 3 aromatic rings. The molecule has 29 heavy (non-hydrogen) atoms. The number of nitrogens with zero attached hydrogens (tertiary/aromatic N) is 2. The lowest BCUT2D eigenvalue weighted by molar-refractivity contribution is 0.0275. The maximum absolute atomic E-state index is 12.7. The van der Waals surface area contributed by atoms with Crippen molar-refractivity contribution in [2.24, 2.45) is 0 Å². The summed E-state index contributed by atoms with van der Waals surface area (Å²) in [4.78, 5) is 12.7. The highest BCUT2D eigenvalue weighted by molar-refractivity contribution is 5.93. The average Bonchev–Trinajstić information content (AvgIpc) is 3.33. The first-order chi connectivity index (χ1) is 14.0. The Kier molecular flexibility index (Phi) is 4.96. The van der Waals surface area contributed by atoms with Gasteiger partial charge in [0.15, 0.2) is 6.10 Å². The van der Waals surface area contributed by atoms with Crippen molar-refractivity contribution in [3.8, 4) is 23.0 Å². The summed E-state index contributed by atoms with van der Waals surface area (Å²) in [6.07, 6.45) is -0.687. The lowest BCUT2D eigenvalue weighted by atomic mass is 9.97. The van der Waals surface area contributed by atoms with E-state index in [-0.39, 0.29) is 17.9 Å². The van der Waals surface area contributed by atoms with E-state index >= 15 is 0 Å². The lowest BCUT2D eigenvalue weighted by Gasteiger charge is -2.12. The van der Waals surface area contributed by atoms with Crippen LogP contribution in [0.2, 0.25) is 0 Å². The summed E-state index contributed by atoms with van der Waals surface area (Å²) in [5.74, 6) is 1.63. The number of hydrogen-bond donors (Lipinski definition) is 0. The minimum absolute atomic E-state index is 0.0133. The van der Waals surface area contributed by atoms with E-state index in [4.69, 9.17) is 18.6 Å². The molecule has 0 aliphatic carbocycles. The second-order valence-electron chi connectivity index (χ2n) is 7.06. The third-order valence-corrected chi connectivity index (χ3v) is 5.17. The maximum atomic E-state index is 12.7. The molecule has 0 spiro atoms. The molecule has 4 rings (SSSR count). The second kappa shape index (κ2) is 7.58. The highest BCUT2D eigenvalue weighted by atomic mass is 16.6. The molecule has 2 heterocycles. The molecular formula is C22H22N2O5. The first kappa shape index (κ1) is 19.0. The number of benzene rings is 2. The summed E-state index contributed by atoms with van der Waals surface area (Å²) >= 11 is 0. The summed E-state index contributed by atoms with van der Waals surface area (Å²) in [5, 5.41) is 8.07. The average molecular weight is 394 g/mol. The van der Waals surface area contributed by atoms with Gasteiger partial charge in [-0.1, -0.05) is 19.1 Å². The van der Waals surface area contributed by atoms with E-state index in [0.717, 1.165) is 16.9 Å². The van der Waals surface area contributed by atoms with E-state index in [1.165, 1.54) is 0 Å². The highest BCUT2D eigenvalue weighted by Crippen LogP contribution is 2.40. The van der Waals surface area contributed by atoms with Crippen LogP contribution in [0.15, 0.2) is 46.9 Å². The molecule has 1 aliphatic rings. The number of methoxy groups -OCH3 is 1. The van der Waals surface area contributed by atoms with E-state index in [0.29, 0.717) is 17.2 Å². The Hall–Kier alpha value is -3.35. The van der Waals surface area contributed by atoms with Gasteiger partial charge in [0.05, 0.1) is 7.11 Å². The number of fused-ring (bicyclic) bond motifs is 1. The molecule has 7 heteroatoms. The molecule has 1 aliphatic heterocycles. The van der Waals surface area contributed by atoms with Gasteiger partial charge in [-0.3, -0.25) is 0 Å². The molecule has 0 radical (unpaired) electrons. The monoisotopic (exact) mass is 394 g/mol. The summed E-state index contributed by atoms with van der Waals surface area (Å²) in [6, 6.07) is 12.8. The van der Waals surface area contributed by atoms with Gasteiger partial charge < -0.3 is 18.6 Å². The van der Waals surface area contributed by atoms with E-state index in [1.54, 1.807) is 32.2 Å². The Morgan fingerprint density at radius 3 is 2.59 bits per heavy atom. The number of rotatable bonds is 5. The number of carbonyl (C=O) groups is 1. The third-order valence-electron chi connectivity index (χ3n) is 5.17. The fourth-order valence-corrected chi connectivity index (χ4v) is 3.27. The summed E-state index contributed by atoms with van der Waals surface area (Å²) in [7, 11) is 1.60. The molecule has 2 aromatic carbocycles. The Morgan fingerprint density at radius 1 is 1.10 bits per heavy atom. The van der Waals surface area contributed by atoms with Crippen LogP contribution in [0.25, 0.3) is 11.5 Å². The van der Waals surface area contributed by atoms with E-state index in [1.807, 2.05) is 31.2 Å². The van der Waals surface area contributed by atoms with E-state index in [9.17, 15) is 4.79 Å². The van der Waals surface area contributed by atoms with Gasteiger partial charge in [-0.2, -0.15) is 0 Å². The molecule has 0 amide bonds. The van der Waals surface area contributed by atoms with Crippen molar-refractivity contribution < 1.29 is 23.4 Å². The molecule has 150 valence electrons. The largest absolute Gasteiger partial charge is 0.497 e. The number of para-hydroxylation sites is 1.